The molecule has 5 heteroatoms. The molecule has 0 fully saturated rings. The molecular weight excluding hydrogens is 271 g/mol. The quantitative estimate of drug-likeness (QED) is 0.458. The molecule has 0 atom stereocenters. The zero-order valence-corrected chi connectivity index (χ0v) is 15.0. The number of benzene rings is 1. The maximum Gasteiger partial charge on any atom is 1.00 e. The molecule has 0 spiro atoms. The number of hydrogen-bond acceptors (Lipinski definition) is 2. The molecule has 0 aromatic heterocycles. The summed E-state index contributed by atoms with van der Waals surface area (Å²) in [4.78, 5) is 0.0676. The number of aryl methyl sites for hydroxylation is 1. The van der Waals surface area contributed by atoms with Gasteiger partial charge in [0.25, 0.3) is 10.1 Å². The second-order valence-electron chi connectivity index (χ2n) is 4.53. The van der Waals surface area contributed by atoms with Gasteiger partial charge >= 0.3 is 29.6 Å². The minimum atomic E-state index is -4.10. The van der Waals surface area contributed by atoms with Gasteiger partial charge in [0.2, 0.25) is 0 Å². The monoisotopic (exact) mass is 294 g/mol. The van der Waals surface area contributed by atoms with Crippen molar-refractivity contribution in [3.05, 3.63) is 29.3 Å². The van der Waals surface area contributed by atoms with E-state index in [2.05, 4.69) is 6.92 Å². The van der Waals surface area contributed by atoms with Crippen LogP contribution in [0.15, 0.2) is 23.1 Å². The Morgan fingerprint density at radius 2 is 1.84 bits per heavy atom. The molecule has 3 nitrogen and oxygen atoms in total. The first-order valence-electron chi connectivity index (χ1n) is 6.59. The van der Waals surface area contributed by atoms with E-state index in [9.17, 15) is 13.0 Å². The van der Waals surface area contributed by atoms with Crippen molar-refractivity contribution in [2.24, 2.45) is 0 Å². The Labute approximate surface area is 140 Å². The summed E-state index contributed by atoms with van der Waals surface area (Å²) in [6, 6.07) is 5.14. The summed E-state index contributed by atoms with van der Waals surface area (Å²) in [5.74, 6) is 0. The van der Waals surface area contributed by atoms with Crippen LogP contribution in [-0.2, 0) is 23.0 Å². The smallest absolute Gasteiger partial charge is 1.00 e. The van der Waals surface area contributed by atoms with Crippen LogP contribution in [0.4, 0.5) is 0 Å². The minimum Gasteiger partial charge on any atom is -1.00 e. The average molecular weight is 294 g/mol. The molecule has 0 aliphatic rings. The Bertz CT molecular complexity index is 489. The standard InChI is InChI=1S/C14H22O3S.Na.H/c1-3-5-6-7-9-12-10-8-11-14(13(12)4-2)18(15,16)17;;/h8,10-11H,3-7,9H2,1-2H3,(H,15,16,17);;/q;+1;-1. The third kappa shape index (κ3) is 5.96. The first kappa shape index (κ1) is 19.1. The fourth-order valence-electron chi connectivity index (χ4n) is 2.23. The van der Waals surface area contributed by atoms with E-state index in [1.54, 1.807) is 6.07 Å². The van der Waals surface area contributed by atoms with Crippen molar-refractivity contribution < 1.29 is 44.0 Å². The zero-order chi connectivity index (χ0) is 13.6. The Morgan fingerprint density at radius 1 is 1.16 bits per heavy atom. The maximum atomic E-state index is 11.3. The Balaban J connectivity index is 0. The van der Waals surface area contributed by atoms with E-state index in [0.29, 0.717) is 6.42 Å². The van der Waals surface area contributed by atoms with Gasteiger partial charge in [-0.2, -0.15) is 8.42 Å². The molecule has 104 valence electrons. The molecule has 0 saturated carbocycles. The Hall–Kier alpha value is 0.130. The van der Waals surface area contributed by atoms with Gasteiger partial charge in [-0.3, -0.25) is 4.55 Å². The summed E-state index contributed by atoms with van der Waals surface area (Å²) in [7, 11) is -4.10. The fraction of sp³-hybridized carbons (Fsp3) is 0.571. The van der Waals surface area contributed by atoms with Crippen LogP contribution in [0.1, 0.15) is 52.1 Å². The summed E-state index contributed by atoms with van der Waals surface area (Å²) in [5, 5.41) is 0. The third-order valence-corrected chi connectivity index (χ3v) is 4.10. The van der Waals surface area contributed by atoms with Gasteiger partial charge in [0, 0.05) is 0 Å². The topological polar surface area (TPSA) is 54.4 Å². The Morgan fingerprint density at radius 3 is 2.37 bits per heavy atom. The van der Waals surface area contributed by atoms with E-state index in [1.807, 2.05) is 13.0 Å². The SMILES string of the molecule is CCCCCCc1cccc(S(=O)(=O)O)c1CC.[H-].[Na+]. The van der Waals surface area contributed by atoms with Crippen molar-refractivity contribution in [1.29, 1.82) is 0 Å². The summed E-state index contributed by atoms with van der Waals surface area (Å²) >= 11 is 0. The molecule has 1 aromatic carbocycles. The van der Waals surface area contributed by atoms with E-state index in [4.69, 9.17) is 0 Å². The number of hydrogen-bond donors (Lipinski definition) is 1. The molecule has 0 aliphatic heterocycles. The van der Waals surface area contributed by atoms with Crippen molar-refractivity contribution in [3.63, 3.8) is 0 Å². The largest absolute Gasteiger partial charge is 1.00 e. The molecule has 0 heterocycles. The molecular formula is C14H23NaO3S. The van der Waals surface area contributed by atoms with Crippen molar-refractivity contribution in [3.8, 4) is 0 Å². The summed E-state index contributed by atoms with van der Waals surface area (Å²) in [6.45, 7) is 4.08. The average Bonchev–Trinajstić information content (AvgIpc) is 2.33. The fourth-order valence-corrected chi connectivity index (χ4v) is 3.07. The molecule has 0 radical (unpaired) electrons. The number of rotatable bonds is 7. The van der Waals surface area contributed by atoms with Gasteiger partial charge in [0.1, 0.15) is 0 Å². The van der Waals surface area contributed by atoms with Gasteiger partial charge in [0.05, 0.1) is 4.90 Å². The van der Waals surface area contributed by atoms with Crippen molar-refractivity contribution >= 4 is 10.1 Å². The van der Waals surface area contributed by atoms with Crippen molar-refractivity contribution in [1.82, 2.24) is 0 Å². The summed E-state index contributed by atoms with van der Waals surface area (Å²) in [5.41, 5.74) is 1.81. The second kappa shape index (κ2) is 9.14. The van der Waals surface area contributed by atoms with Gasteiger partial charge < -0.3 is 1.43 Å². The van der Waals surface area contributed by atoms with Crippen molar-refractivity contribution in [2.75, 3.05) is 0 Å². The van der Waals surface area contributed by atoms with Crippen LogP contribution >= 0.6 is 0 Å². The number of unbranched alkanes of at least 4 members (excludes halogenated alkanes) is 3. The maximum absolute atomic E-state index is 11.3. The van der Waals surface area contributed by atoms with Gasteiger partial charge in [-0.05, 0) is 36.5 Å². The Kier molecular flexibility index (Phi) is 9.20. The van der Waals surface area contributed by atoms with Gasteiger partial charge in [-0.1, -0.05) is 45.2 Å². The predicted octanol–water partition coefficient (Wildman–Crippen LogP) is 0.735. The minimum absolute atomic E-state index is 0. The molecule has 0 aliphatic carbocycles. The molecule has 1 N–H and O–H groups in total. The van der Waals surface area contributed by atoms with Gasteiger partial charge in [-0.15, -0.1) is 0 Å². The molecule has 1 aromatic rings. The van der Waals surface area contributed by atoms with E-state index in [-0.39, 0.29) is 35.9 Å². The summed E-state index contributed by atoms with van der Waals surface area (Å²) < 4.78 is 31.8. The van der Waals surface area contributed by atoms with Crippen molar-refractivity contribution in [2.45, 2.75) is 57.3 Å². The normalized spacial score (nSPS) is 11.1. The molecule has 0 saturated heterocycles. The van der Waals surface area contributed by atoms with Crippen LogP contribution in [0, 0.1) is 0 Å². The van der Waals surface area contributed by atoms with Crippen LogP contribution < -0.4 is 29.6 Å². The first-order chi connectivity index (χ1) is 8.50. The zero-order valence-electron chi connectivity index (χ0n) is 13.1. The molecule has 0 bridgehead atoms. The van der Waals surface area contributed by atoms with Crippen LogP contribution in [0.2, 0.25) is 0 Å². The van der Waals surface area contributed by atoms with Crippen LogP contribution in [0.3, 0.4) is 0 Å². The molecule has 1 rings (SSSR count). The van der Waals surface area contributed by atoms with Crippen LogP contribution in [0.5, 0.6) is 0 Å². The van der Waals surface area contributed by atoms with Gasteiger partial charge in [0.15, 0.2) is 0 Å². The van der Waals surface area contributed by atoms with Gasteiger partial charge in [-0.25, -0.2) is 0 Å². The van der Waals surface area contributed by atoms with E-state index < -0.39 is 10.1 Å². The molecule has 0 amide bonds. The molecule has 0 unspecified atom stereocenters. The van der Waals surface area contributed by atoms with E-state index in [0.717, 1.165) is 30.4 Å². The summed E-state index contributed by atoms with van der Waals surface area (Å²) in [6.07, 6.45) is 6.13. The predicted molar refractivity (Wildman–Crippen MR) is 74.6 cm³/mol. The van der Waals surface area contributed by atoms with Crippen LogP contribution in [0.25, 0.3) is 0 Å². The third-order valence-electron chi connectivity index (χ3n) is 3.16. The second-order valence-corrected chi connectivity index (χ2v) is 5.92. The van der Waals surface area contributed by atoms with Crippen LogP contribution in [-0.4, -0.2) is 13.0 Å². The van der Waals surface area contributed by atoms with E-state index in [1.165, 1.54) is 18.9 Å². The molecule has 19 heavy (non-hydrogen) atoms. The first-order valence-corrected chi connectivity index (χ1v) is 8.03. The van der Waals surface area contributed by atoms with E-state index >= 15 is 0 Å².